The first kappa shape index (κ1) is 21.9. The van der Waals surface area contributed by atoms with Gasteiger partial charge in [0.25, 0.3) is 11.9 Å². The highest BCUT2D eigenvalue weighted by molar-refractivity contribution is 5.95. The predicted molar refractivity (Wildman–Crippen MR) is 142 cm³/mol. The summed E-state index contributed by atoms with van der Waals surface area (Å²) in [5, 5.41) is 8.76. The van der Waals surface area contributed by atoms with Crippen LogP contribution in [-0.2, 0) is 19.4 Å². The summed E-state index contributed by atoms with van der Waals surface area (Å²) in [6, 6.07) is 18.5. The summed E-state index contributed by atoms with van der Waals surface area (Å²) in [6.07, 6.45) is 10.5. The maximum absolute atomic E-state index is 13.3. The molecule has 3 aromatic heterocycles. The molecule has 0 bridgehead atoms. The first-order chi connectivity index (χ1) is 18.2. The first-order valence-corrected chi connectivity index (χ1v) is 12.9. The minimum absolute atomic E-state index is 0.125. The van der Waals surface area contributed by atoms with E-state index in [2.05, 4.69) is 45.7 Å². The van der Waals surface area contributed by atoms with Crippen molar-refractivity contribution in [2.75, 3.05) is 0 Å². The normalized spacial score (nSPS) is 14.6. The van der Waals surface area contributed by atoms with Crippen LogP contribution in [0.25, 0.3) is 28.1 Å². The van der Waals surface area contributed by atoms with Crippen LogP contribution in [0.4, 0.5) is 0 Å². The zero-order chi connectivity index (χ0) is 24.8. The monoisotopic (exact) mass is 486 g/mol. The number of benzene rings is 2. The molecule has 1 fully saturated rings. The van der Waals surface area contributed by atoms with Gasteiger partial charge in [-0.2, -0.15) is 5.10 Å². The highest BCUT2D eigenvalue weighted by Crippen LogP contribution is 2.42. The van der Waals surface area contributed by atoms with E-state index >= 15 is 0 Å². The molecule has 37 heavy (non-hydrogen) atoms. The van der Waals surface area contributed by atoms with Crippen LogP contribution in [0.1, 0.15) is 57.9 Å². The lowest BCUT2D eigenvalue weighted by molar-refractivity contribution is 0.0950. The van der Waals surface area contributed by atoms with Crippen LogP contribution in [0.5, 0.6) is 0 Å². The van der Waals surface area contributed by atoms with Crippen molar-refractivity contribution in [3.63, 3.8) is 0 Å². The van der Waals surface area contributed by atoms with Gasteiger partial charge in [-0.1, -0.05) is 36.4 Å². The Labute approximate surface area is 214 Å². The maximum Gasteiger partial charge on any atom is 0.255 e. The molecule has 5 aromatic rings. The smallest absolute Gasteiger partial charge is 0.255 e. The van der Waals surface area contributed by atoms with Gasteiger partial charge in [-0.3, -0.25) is 9.78 Å². The van der Waals surface area contributed by atoms with E-state index in [-0.39, 0.29) is 5.91 Å². The third-order valence-electron chi connectivity index (χ3n) is 7.34. The number of pyridine rings is 1. The molecule has 0 aliphatic heterocycles. The lowest BCUT2D eigenvalue weighted by Gasteiger charge is -2.12. The Morgan fingerprint density at radius 2 is 1.86 bits per heavy atom. The summed E-state index contributed by atoms with van der Waals surface area (Å²) in [6.45, 7) is 0.436. The third-order valence-corrected chi connectivity index (χ3v) is 7.34. The summed E-state index contributed by atoms with van der Waals surface area (Å²) in [4.78, 5) is 27.4. The van der Waals surface area contributed by atoms with E-state index < -0.39 is 0 Å². The molecule has 3 heterocycles. The number of nitrogens with zero attached hydrogens (tertiary/aromatic N) is 5. The van der Waals surface area contributed by atoms with Gasteiger partial charge in [0.15, 0.2) is 0 Å². The number of rotatable bonds is 5. The lowest BCUT2D eigenvalue weighted by Crippen LogP contribution is -2.24. The summed E-state index contributed by atoms with van der Waals surface area (Å²) in [7, 11) is 0. The Morgan fingerprint density at radius 3 is 2.78 bits per heavy atom. The molecular formula is C30H26N6O. The fourth-order valence-corrected chi connectivity index (χ4v) is 5.31. The third kappa shape index (κ3) is 4.06. The van der Waals surface area contributed by atoms with Crippen molar-refractivity contribution in [1.82, 2.24) is 30.0 Å². The van der Waals surface area contributed by atoms with Crippen LogP contribution in [0.3, 0.4) is 0 Å². The minimum Gasteiger partial charge on any atom is -0.348 e. The Kier molecular flexibility index (Phi) is 5.27. The average Bonchev–Trinajstić information content (AvgIpc) is 3.72. The van der Waals surface area contributed by atoms with Crippen molar-refractivity contribution in [3.05, 3.63) is 101 Å². The summed E-state index contributed by atoms with van der Waals surface area (Å²) >= 11 is 0. The molecule has 7 rings (SSSR count). The van der Waals surface area contributed by atoms with Crippen molar-refractivity contribution in [2.45, 2.75) is 44.6 Å². The van der Waals surface area contributed by atoms with Gasteiger partial charge in [-0.25, -0.2) is 14.6 Å². The summed E-state index contributed by atoms with van der Waals surface area (Å²) < 4.78 is 1.78. The SMILES string of the molecule is O=C(NCc1ccc2ncccc2c1)c1cnn(-c2ncc3c(n2)-c2ccccc2CCC3)c1C1CC1. The van der Waals surface area contributed by atoms with E-state index in [4.69, 9.17) is 9.97 Å². The number of hydrogen-bond donors (Lipinski definition) is 1. The van der Waals surface area contributed by atoms with Crippen LogP contribution >= 0.6 is 0 Å². The molecule has 0 atom stereocenters. The van der Waals surface area contributed by atoms with E-state index in [9.17, 15) is 4.79 Å². The van der Waals surface area contributed by atoms with E-state index in [1.54, 1.807) is 17.1 Å². The van der Waals surface area contributed by atoms with Crippen LogP contribution < -0.4 is 5.32 Å². The quantitative estimate of drug-likeness (QED) is 0.370. The van der Waals surface area contributed by atoms with E-state index in [0.717, 1.165) is 65.5 Å². The minimum atomic E-state index is -0.125. The Morgan fingerprint density at radius 1 is 0.973 bits per heavy atom. The van der Waals surface area contributed by atoms with Crippen LogP contribution in [0.2, 0.25) is 0 Å². The van der Waals surface area contributed by atoms with Crippen molar-refractivity contribution >= 4 is 16.8 Å². The molecule has 0 saturated heterocycles. The predicted octanol–water partition coefficient (Wildman–Crippen LogP) is 5.17. The largest absolute Gasteiger partial charge is 0.348 e. The molecule has 2 aliphatic rings. The zero-order valence-corrected chi connectivity index (χ0v) is 20.4. The maximum atomic E-state index is 13.3. The number of aryl methyl sites for hydroxylation is 2. The number of amides is 1. The highest BCUT2D eigenvalue weighted by atomic mass is 16.1. The molecule has 2 aromatic carbocycles. The zero-order valence-electron chi connectivity index (χ0n) is 20.4. The van der Waals surface area contributed by atoms with E-state index in [0.29, 0.717) is 24.0 Å². The van der Waals surface area contributed by atoms with Gasteiger partial charge in [0.05, 0.1) is 28.7 Å². The Balaban J connectivity index is 1.20. The molecule has 1 N–H and O–H groups in total. The molecule has 0 unspecified atom stereocenters. The van der Waals surface area contributed by atoms with Gasteiger partial charge in [0, 0.05) is 35.8 Å². The van der Waals surface area contributed by atoms with Crippen molar-refractivity contribution < 1.29 is 4.79 Å². The lowest BCUT2D eigenvalue weighted by atomic mass is 10.0. The average molecular weight is 487 g/mol. The Bertz CT molecular complexity index is 1650. The van der Waals surface area contributed by atoms with Gasteiger partial charge in [0.1, 0.15) is 0 Å². The molecule has 0 spiro atoms. The van der Waals surface area contributed by atoms with Gasteiger partial charge in [0.2, 0.25) is 0 Å². The van der Waals surface area contributed by atoms with Gasteiger partial charge in [-0.15, -0.1) is 0 Å². The number of carbonyl (C=O) groups excluding carboxylic acids is 1. The summed E-state index contributed by atoms with van der Waals surface area (Å²) in [5.74, 6) is 0.697. The fourth-order valence-electron chi connectivity index (χ4n) is 5.31. The van der Waals surface area contributed by atoms with Crippen LogP contribution in [-0.4, -0.2) is 30.6 Å². The number of aromatic nitrogens is 5. The molecule has 1 saturated carbocycles. The number of hydrogen-bond acceptors (Lipinski definition) is 5. The molecule has 0 radical (unpaired) electrons. The van der Waals surface area contributed by atoms with Gasteiger partial charge < -0.3 is 5.32 Å². The second-order valence-electron chi connectivity index (χ2n) is 9.90. The van der Waals surface area contributed by atoms with Gasteiger partial charge in [-0.05, 0) is 67.0 Å². The second kappa shape index (κ2) is 8.92. The standard InChI is InChI=1S/C30H26N6O/c37-29(32-16-19-10-13-26-22(15-19)8-4-14-31-26)25-18-34-36(28(25)21-11-12-21)30-33-17-23-7-3-6-20-5-1-2-9-24(20)27(23)35-30/h1-2,4-5,8-10,13-15,17-18,21H,3,6-7,11-12,16H2,(H,32,37). The Hall–Kier alpha value is -4.39. The molecule has 7 nitrogen and oxygen atoms in total. The second-order valence-corrected chi connectivity index (χ2v) is 9.90. The van der Waals surface area contributed by atoms with Crippen molar-refractivity contribution in [2.24, 2.45) is 0 Å². The number of carbonyl (C=O) groups is 1. The number of nitrogens with one attached hydrogen (secondary N) is 1. The van der Waals surface area contributed by atoms with Crippen LogP contribution in [0.15, 0.2) is 73.2 Å². The van der Waals surface area contributed by atoms with Crippen molar-refractivity contribution in [3.8, 4) is 17.2 Å². The number of fused-ring (bicyclic) bond motifs is 4. The van der Waals surface area contributed by atoms with E-state index in [1.165, 1.54) is 11.1 Å². The van der Waals surface area contributed by atoms with Gasteiger partial charge >= 0.3 is 0 Å². The first-order valence-electron chi connectivity index (χ1n) is 12.9. The summed E-state index contributed by atoms with van der Waals surface area (Å²) in [5.41, 5.74) is 8.11. The molecule has 7 heteroatoms. The van der Waals surface area contributed by atoms with Crippen LogP contribution in [0, 0.1) is 0 Å². The fraction of sp³-hybridized carbons (Fsp3) is 0.233. The molecular weight excluding hydrogens is 460 g/mol. The highest BCUT2D eigenvalue weighted by Gasteiger charge is 2.34. The van der Waals surface area contributed by atoms with E-state index in [1.807, 2.05) is 30.5 Å². The molecule has 182 valence electrons. The molecule has 1 amide bonds. The molecule has 2 aliphatic carbocycles. The van der Waals surface area contributed by atoms with Crippen molar-refractivity contribution in [1.29, 1.82) is 0 Å². The topological polar surface area (TPSA) is 85.6 Å².